The van der Waals surface area contributed by atoms with Crippen LogP contribution in [0.3, 0.4) is 0 Å². The standard InChI is InChI=1S/C25H32F3N3O5/c1-15-21(22(32)31-7-3-18-16(13-31)11-17(12-29-18)25(26,27)28)24(36-23(15)33)5-8-30(9-6-24)19-4-10-35-14-20(19)34-2/h11,19-20,29H,3-10,12-14H2,1-2H3/t19-,20+/m0/s1. The maximum absolute atomic E-state index is 13.8. The molecule has 5 aliphatic rings. The molecular weight excluding hydrogens is 479 g/mol. The highest BCUT2D eigenvalue weighted by atomic mass is 19.4. The Morgan fingerprint density at radius 3 is 2.69 bits per heavy atom. The van der Waals surface area contributed by atoms with Gasteiger partial charge < -0.3 is 24.4 Å². The molecule has 5 heterocycles. The fourth-order valence-corrected chi connectivity index (χ4v) is 6.12. The number of carbonyl (C=O) groups is 2. The molecule has 0 aliphatic carbocycles. The van der Waals surface area contributed by atoms with E-state index in [1.165, 1.54) is 0 Å². The summed E-state index contributed by atoms with van der Waals surface area (Å²) >= 11 is 0. The van der Waals surface area contributed by atoms with Gasteiger partial charge in [0.05, 0.1) is 23.9 Å². The molecule has 8 nitrogen and oxygen atoms in total. The molecular formula is C25H32F3N3O5. The van der Waals surface area contributed by atoms with Crippen LogP contribution in [0.4, 0.5) is 13.2 Å². The molecule has 1 amide bonds. The van der Waals surface area contributed by atoms with E-state index in [1.54, 1.807) is 18.9 Å². The molecule has 0 aromatic heterocycles. The predicted molar refractivity (Wildman–Crippen MR) is 123 cm³/mol. The van der Waals surface area contributed by atoms with Crippen LogP contribution >= 0.6 is 0 Å². The lowest BCUT2D eigenvalue weighted by atomic mass is 9.81. The number of nitrogens with zero attached hydrogens (tertiary/aromatic N) is 2. The second-order valence-corrected chi connectivity index (χ2v) is 10.1. The van der Waals surface area contributed by atoms with E-state index in [0.29, 0.717) is 68.8 Å². The zero-order valence-corrected chi connectivity index (χ0v) is 20.6. The Labute approximate surface area is 208 Å². The molecule has 1 spiro atoms. The highest BCUT2D eigenvalue weighted by Gasteiger charge is 2.53. The molecule has 0 aromatic rings. The normalized spacial score (nSPS) is 29.2. The Bertz CT molecular complexity index is 1030. The number of methoxy groups -OCH3 is 1. The van der Waals surface area contributed by atoms with Gasteiger partial charge in [-0.25, -0.2) is 4.79 Å². The largest absolute Gasteiger partial charge is 0.450 e. The number of halogens is 3. The van der Waals surface area contributed by atoms with E-state index in [2.05, 4.69) is 10.2 Å². The van der Waals surface area contributed by atoms with Crippen molar-refractivity contribution in [3.8, 4) is 0 Å². The number of hydrogen-bond acceptors (Lipinski definition) is 7. The molecule has 0 radical (unpaired) electrons. The topological polar surface area (TPSA) is 80.3 Å². The molecule has 0 saturated carbocycles. The number of hydrogen-bond donors (Lipinski definition) is 1. The van der Waals surface area contributed by atoms with Crippen LogP contribution in [-0.4, -0.2) is 98.6 Å². The Balaban J connectivity index is 1.33. The molecule has 1 N–H and O–H groups in total. The number of alkyl halides is 3. The number of carbonyl (C=O) groups excluding carboxylic acids is 2. The molecule has 5 aliphatic heterocycles. The Kier molecular flexibility index (Phi) is 6.67. The van der Waals surface area contributed by atoms with Crippen LogP contribution in [0.25, 0.3) is 0 Å². The maximum atomic E-state index is 13.8. The van der Waals surface area contributed by atoms with E-state index >= 15 is 0 Å². The van der Waals surface area contributed by atoms with Crippen molar-refractivity contribution < 1.29 is 37.0 Å². The molecule has 11 heteroatoms. The SMILES string of the molecule is CO[C@@H]1COCC[C@@H]1N1CCC2(CC1)OC(=O)C(C)=C2C(=O)N1CCC2=C(C=C(C(F)(F)F)CN2)C1. The van der Waals surface area contributed by atoms with Crippen molar-refractivity contribution in [1.82, 2.24) is 15.1 Å². The van der Waals surface area contributed by atoms with Crippen LogP contribution in [0.1, 0.15) is 32.6 Å². The fraction of sp³-hybridized carbons (Fsp3) is 0.680. The molecule has 5 rings (SSSR count). The second kappa shape index (κ2) is 9.50. The van der Waals surface area contributed by atoms with Crippen LogP contribution in [0.2, 0.25) is 0 Å². The highest BCUT2D eigenvalue weighted by Crippen LogP contribution is 2.43. The molecule has 36 heavy (non-hydrogen) atoms. The van der Waals surface area contributed by atoms with E-state index in [9.17, 15) is 22.8 Å². The third-order valence-corrected chi connectivity index (χ3v) is 8.16. The first-order chi connectivity index (χ1) is 17.1. The van der Waals surface area contributed by atoms with E-state index in [4.69, 9.17) is 14.2 Å². The van der Waals surface area contributed by atoms with Crippen LogP contribution < -0.4 is 5.32 Å². The average molecular weight is 512 g/mol. The number of amides is 1. The van der Waals surface area contributed by atoms with Crippen molar-refractivity contribution in [2.24, 2.45) is 0 Å². The average Bonchev–Trinajstić information content (AvgIpc) is 3.11. The minimum atomic E-state index is -4.42. The van der Waals surface area contributed by atoms with Gasteiger partial charge in [-0.05, 0) is 25.0 Å². The van der Waals surface area contributed by atoms with Gasteiger partial charge >= 0.3 is 12.1 Å². The zero-order chi connectivity index (χ0) is 25.7. The summed E-state index contributed by atoms with van der Waals surface area (Å²) in [6, 6.07) is 0.198. The number of dihydropyridines is 1. The monoisotopic (exact) mass is 511 g/mol. The molecule has 2 fully saturated rings. The Morgan fingerprint density at radius 1 is 1.25 bits per heavy atom. The number of esters is 1. The lowest BCUT2D eigenvalue weighted by Crippen LogP contribution is -2.56. The third-order valence-electron chi connectivity index (χ3n) is 8.16. The van der Waals surface area contributed by atoms with Gasteiger partial charge in [-0.15, -0.1) is 0 Å². The van der Waals surface area contributed by atoms with Gasteiger partial charge in [-0.3, -0.25) is 9.69 Å². The zero-order valence-electron chi connectivity index (χ0n) is 20.6. The lowest BCUT2D eigenvalue weighted by molar-refractivity contribution is -0.154. The first-order valence-electron chi connectivity index (χ1n) is 12.4. The van der Waals surface area contributed by atoms with E-state index in [0.717, 1.165) is 18.2 Å². The molecule has 2 atom stereocenters. The van der Waals surface area contributed by atoms with Crippen LogP contribution in [0.5, 0.6) is 0 Å². The molecule has 0 aromatic carbocycles. The first kappa shape index (κ1) is 25.3. The van der Waals surface area contributed by atoms with Gasteiger partial charge in [0.1, 0.15) is 5.60 Å². The van der Waals surface area contributed by atoms with Gasteiger partial charge in [0, 0.05) is 83.0 Å². The summed E-state index contributed by atoms with van der Waals surface area (Å²) in [5.74, 6) is -0.824. The summed E-state index contributed by atoms with van der Waals surface area (Å²) in [4.78, 5) is 30.3. The Morgan fingerprint density at radius 2 is 2.00 bits per heavy atom. The number of likely N-dealkylation sites (tertiary alicyclic amines) is 1. The quantitative estimate of drug-likeness (QED) is 0.582. The number of piperidine rings is 1. The van der Waals surface area contributed by atoms with Crippen LogP contribution in [0.15, 0.2) is 34.1 Å². The van der Waals surface area contributed by atoms with E-state index in [1.807, 2.05) is 0 Å². The van der Waals surface area contributed by atoms with Crippen LogP contribution in [-0.2, 0) is 23.8 Å². The van der Waals surface area contributed by atoms with Gasteiger partial charge in [-0.2, -0.15) is 13.2 Å². The van der Waals surface area contributed by atoms with Crippen molar-refractivity contribution in [3.63, 3.8) is 0 Å². The summed E-state index contributed by atoms with van der Waals surface area (Å²) in [7, 11) is 1.67. The van der Waals surface area contributed by atoms with Crippen LogP contribution in [0, 0.1) is 0 Å². The van der Waals surface area contributed by atoms with Crippen molar-refractivity contribution in [2.45, 2.75) is 56.5 Å². The van der Waals surface area contributed by atoms with Crippen molar-refractivity contribution >= 4 is 11.9 Å². The summed E-state index contributed by atoms with van der Waals surface area (Å²) in [6.07, 6.45) is -1.07. The summed E-state index contributed by atoms with van der Waals surface area (Å²) < 4.78 is 56.8. The fourth-order valence-electron chi connectivity index (χ4n) is 6.12. The smallest absolute Gasteiger partial charge is 0.414 e. The van der Waals surface area contributed by atoms with Gasteiger partial charge in [-0.1, -0.05) is 0 Å². The van der Waals surface area contributed by atoms with Gasteiger partial charge in [0.2, 0.25) is 0 Å². The Hall–Kier alpha value is -2.37. The molecule has 0 unspecified atom stereocenters. The first-order valence-corrected chi connectivity index (χ1v) is 12.4. The van der Waals surface area contributed by atoms with Crippen molar-refractivity contribution in [3.05, 3.63) is 34.1 Å². The minimum absolute atomic E-state index is 0.0353. The third kappa shape index (κ3) is 4.45. The minimum Gasteiger partial charge on any atom is -0.450 e. The summed E-state index contributed by atoms with van der Waals surface area (Å²) in [5, 5.41) is 2.86. The number of ether oxygens (including phenoxy) is 3. The van der Waals surface area contributed by atoms with Gasteiger partial charge in [0.15, 0.2) is 0 Å². The van der Waals surface area contributed by atoms with Crippen molar-refractivity contribution in [2.75, 3.05) is 53.0 Å². The number of nitrogens with one attached hydrogen (secondary N) is 1. The molecule has 2 saturated heterocycles. The predicted octanol–water partition coefficient (Wildman–Crippen LogP) is 2.08. The van der Waals surface area contributed by atoms with Crippen molar-refractivity contribution in [1.29, 1.82) is 0 Å². The number of rotatable bonds is 3. The van der Waals surface area contributed by atoms with Gasteiger partial charge in [0.25, 0.3) is 5.91 Å². The maximum Gasteiger partial charge on any atom is 0.414 e. The van der Waals surface area contributed by atoms with E-state index < -0.39 is 23.3 Å². The summed E-state index contributed by atoms with van der Waals surface area (Å²) in [5.41, 5.74) is 0.193. The van der Waals surface area contributed by atoms with E-state index in [-0.39, 0.29) is 31.1 Å². The lowest BCUT2D eigenvalue weighted by Gasteiger charge is -2.46. The highest BCUT2D eigenvalue weighted by molar-refractivity contribution is 6.07. The second-order valence-electron chi connectivity index (χ2n) is 10.1. The molecule has 198 valence electrons. The summed E-state index contributed by atoms with van der Waals surface area (Å²) in [6.45, 7) is 4.24. The molecule has 0 bridgehead atoms.